The first-order chi connectivity index (χ1) is 12.5. The van der Waals surface area contributed by atoms with Crippen LogP contribution in [0.5, 0.6) is 0 Å². The third-order valence-electron chi connectivity index (χ3n) is 4.39. The van der Waals surface area contributed by atoms with Crippen molar-refractivity contribution in [1.82, 2.24) is 14.6 Å². The summed E-state index contributed by atoms with van der Waals surface area (Å²) in [7, 11) is -3.77. The molecule has 26 heavy (non-hydrogen) atoms. The number of nitro groups is 1. The van der Waals surface area contributed by atoms with E-state index in [9.17, 15) is 18.5 Å². The van der Waals surface area contributed by atoms with Crippen molar-refractivity contribution in [2.24, 2.45) is 5.92 Å². The van der Waals surface area contributed by atoms with Crippen molar-refractivity contribution in [1.29, 1.82) is 0 Å². The van der Waals surface area contributed by atoms with E-state index in [1.54, 1.807) is 18.5 Å². The SMILES string of the molecule is O=[N+]([O-])c1ccc(S(=O)(=O)N(Cc2cccnc2)CC2CCNC2)cc1. The number of aromatic nitrogens is 1. The molecule has 1 aliphatic rings. The summed E-state index contributed by atoms with van der Waals surface area (Å²) in [6.07, 6.45) is 4.20. The summed E-state index contributed by atoms with van der Waals surface area (Å²) < 4.78 is 27.7. The van der Waals surface area contributed by atoms with E-state index in [1.165, 1.54) is 28.6 Å². The second-order valence-corrected chi connectivity index (χ2v) is 8.21. The standard InChI is InChI=1S/C17H20N4O4S/c22-21(23)16-3-5-17(6-4-16)26(24,25)20(13-15-7-9-19-11-15)12-14-2-1-8-18-10-14/h1-6,8,10,15,19H,7,9,11-13H2. The van der Waals surface area contributed by atoms with E-state index >= 15 is 0 Å². The highest BCUT2D eigenvalue weighted by Crippen LogP contribution is 2.23. The van der Waals surface area contributed by atoms with Gasteiger partial charge in [-0.15, -0.1) is 0 Å². The van der Waals surface area contributed by atoms with Crippen LogP contribution in [-0.4, -0.2) is 42.3 Å². The zero-order valence-electron chi connectivity index (χ0n) is 14.1. The summed E-state index contributed by atoms with van der Waals surface area (Å²) in [5, 5.41) is 14.0. The van der Waals surface area contributed by atoms with Gasteiger partial charge in [-0.2, -0.15) is 4.31 Å². The van der Waals surface area contributed by atoms with Crippen molar-refractivity contribution in [2.75, 3.05) is 19.6 Å². The molecule has 138 valence electrons. The van der Waals surface area contributed by atoms with Gasteiger partial charge in [0.05, 0.1) is 9.82 Å². The van der Waals surface area contributed by atoms with Gasteiger partial charge in [0.15, 0.2) is 0 Å². The van der Waals surface area contributed by atoms with Crippen LogP contribution in [0.15, 0.2) is 53.7 Å². The molecular formula is C17H20N4O4S. The Hall–Kier alpha value is -2.36. The highest BCUT2D eigenvalue weighted by atomic mass is 32.2. The quantitative estimate of drug-likeness (QED) is 0.583. The highest BCUT2D eigenvalue weighted by Gasteiger charge is 2.29. The monoisotopic (exact) mass is 376 g/mol. The van der Waals surface area contributed by atoms with Gasteiger partial charge in [0, 0.05) is 37.6 Å². The van der Waals surface area contributed by atoms with Crippen molar-refractivity contribution in [2.45, 2.75) is 17.9 Å². The van der Waals surface area contributed by atoms with Gasteiger partial charge in [0.1, 0.15) is 0 Å². The number of rotatable bonds is 7. The van der Waals surface area contributed by atoms with E-state index in [1.807, 2.05) is 6.07 Å². The minimum absolute atomic E-state index is 0.0537. The molecular weight excluding hydrogens is 356 g/mol. The van der Waals surface area contributed by atoms with Gasteiger partial charge in [-0.05, 0) is 49.2 Å². The Labute approximate surface area is 152 Å². The molecule has 9 heteroatoms. The third kappa shape index (κ3) is 4.24. The average Bonchev–Trinajstić information content (AvgIpc) is 3.15. The summed E-state index contributed by atoms with van der Waals surface area (Å²) in [4.78, 5) is 14.4. The van der Waals surface area contributed by atoms with Crippen LogP contribution in [0.3, 0.4) is 0 Å². The van der Waals surface area contributed by atoms with E-state index in [2.05, 4.69) is 10.3 Å². The maximum Gasteiger partial charge on any atom is 0.269 e. The molecule has 1 saturated heterocycles. The molecule has 0 radical (unpaired) electrons. The van der Waals surface area contributed by atoms with Gasteiger partial charge >= 0.3 is 0 Å². The topological polar surface area (TPSA) is 105 Å². The van der Waals surface area contributed by atoms with Crippen LogP contribution in [0.1, 0.15) is 12.0 Å². The fourth-order valence-corrected chi connectivity index (χ4v) is 4.49. The van der Waals surface area contributed by atoms with E-state index in [0.29, 0.717) is 6.54 Å². The van der Waals surface area contributed by atoms with E-state index in [-0.39, 0.29) is 23.0 Å². The minimum atomic E-state index is -3.77. The Balaban J connectivity index is 1.88. The van der Waals surface area contributed by atoms with Gasteiger partial charge < -0.3 is 5.32 Å². The Kier molecular flexibility index (Phi) is 5.60. The lowest BCUT2D eigenvalue weighted by Gasteiger charge is -2.25. The van der Waals surface area contributed by atoms with Gasteiger partial charge in [-0.3, -0.25) is 15.1 Å². The average molecular weight is 376 g/mol. The van der Waals surface area contributed by atoms with Crippen LogP contribution in [0, 0.1) is 16.0 Å². The molecule has 0 bridgehead atoms. The molecule has 2 heterocycles. The number of hydrogen-bond acceptors (Lipinski definition) is 6. The molecule has 0 amide bonds. The maximum atomic E-state index is 13.1. The van der Waals surface area contributed by atoms with Gasteiger partial charge in [0.2, 0.25) is 10.0 Å². The molecule has 1 aromatic carbocycles. The molecule has 1 aliphatic heterocycles. The Morgan fingerprint density at radius 3 is 2.62 bits per heavy atom. The lowest BCUT2D eigenvalue weighted by molar-refractivity contribution is -0.384. The molecule has 3 rings (SSSR count). The van der Waals surface area contributed by atoms with E-state index < -0.39 is 14.9 Å². The summed E-state index contributed by atoms with van der Waals surface area (Å²) in [5.41, 5.74) is 0.659. The first kappa shape index (κ1) is 18.4. The maximum absolute atomic E-state index is 13.1. The van der Waals surface area contributed by atoms with Crippen LogP contribution >= 0.6 is 0 Å². The van der Waals surface area contributed by atoms with E-state index in [4.69, 9.17) is 0 Å². The zero-order valence-corrected chi connectivity index (χ0v) is 14.9. The van der Waals surface area contributed by atoms with Crippen molar-refractivity contribution < 1.29 is 13.3 Å². The number of nitro benzene ring substituents is 1. The fraction of sp³-hybridized carbons (Fsp3) is 0.353. The lowest BCUT2D eigenvalue weighted by Crippen LogP contribution is -2.35. The number of non-ortho nitro benzene ring substituents is 1. The number of nitrogens with one attached hydrogen (secondary N) is 1. The van der Waals surface area contributed by atoms with Crippen molar-refractivity contribution in [3.8, 4) is 0 Å². The minimum Gasteiger partial charge on any atom is -0.316 e. The largest absolute Gasteiger partial charge is 0.316 e. The number of pyridine rings is 1. The molecule has 1 unspecified atom stereocenters. The first-order valence-electron chi connectivity index (χ1n) is 8.31. The third-order valence-corrected chi connectivity index (χ3v) is 6.22. The van der Waals surface area contributed by atoms with E-state index in [0.717, 1.165) is 25.1 Å². The van der Waals surface area contributed by atoms with Gasteiger partial charge in [0.25, 0.3) is 5.69 Å². The first-order valence-corrected chi connectivity index (χ1v) is 9.75. The molecule has 1 aromatic heterocycles. The Morgan fingerprint density at radius 1 is 1.27 bits per heavy atom. The summed E-state index contributed by atoms with van der Waals surface area (Å²) in [5.74, 6) is 0.236. The number of hydrogen-bond donors (Lipinski definition) is 1. The Bertz CT molecular complexity index is 850. The van der Waals surface area contributed by atoms with Gasteiger partial charge in [-0.1, -0.05) is 6.07 Å². The lowest BCUT2D eigenvalue weighted by atomic mass is 10.1. The second kappa shape index (κ2) is 7.90. The predicted molar refractivity (Wildman–Crippen MR) is 95.9 cm³/mol. The molecule has 1 fully saturated rings. The second-order valence-electron chi connectivity index (χ2n) is 6.27. The van der Waals surface area contributed by atoms with Gasteiger partial charge in [-0.25, -0.2) is 8.42 Å². The van der Waals surface area contributed by atoms with Crippen LogP contribution in [0.4, 0.5) is 5.69 Å². The molecule has 2 aromatic rings. The molecule has 0 saturated carbocycles. The summed E-state index contributed by atoms with van der Waals surface area (Å²) >= 11 is 0. The van der Waals surface area contributed by atoms with Crippen LogP contribution in [-0.2, 0) is 16.6 Å². The van der Waals surface area contributed by atoms with Crippen LogP contribution in [0.25, 0.3) is 0 Å². The molecule has 0 aliphatic carbocycles. The molecule has 8 nitrogen and oxygen atoms in total. The zero-order chi connectivity index (χ0) is 18.6. The Morgan fingerprint density at radius 2 is 2.04 bits per heavy atom. The number of nitrogens with zero attached hydrogens (tertiary/aromatic N) is 3. The predicted octanol–water partition coefficient (Wildman–Crippen LogP) is 1.79. The summed E-state index contributed by atoms with van der Waals surface area (Å²) in [6, 6.07) is 8.60. The van der Waals surface area contributed by atoms with Crippen molar-refractivity contribution in [3.63, 3.8) is 0 Å². The van der Waals surface area contributed by atoms with Crippen LogP contribution in [0.2, 0.25) is 0 Å². The highest BCUT2D eigenvalue weighted by molar-refractivity contribution is 7.89. The van der Waals surface area contributed by atoms with Crippen molar-refractivity contribution in [3.05, 3.63) is 64.5 Å². The molecule has 1 atom stereocenters. The van der Waals surface area contributed by atoms with Crippen LogP contribution < -0.4 is 5.32 Å². The molecule has 0 spiro atoms. The fourth-order valence-electron chi connectivity index (χ4n) is 2.99. The normalized spacial score (nSPS) is 17.5. The number of benzene rings is 1. The molecule has 1 N–H and O–H groups in total. The summed E-state index contributed by atoms with van der Waals surface area (Å²) in [6.45, 7) is 2.26. The number of sulfonamides is 1. The van der Waals surface area contributed by atoms with Crippen molar-refractivity contribution >= 4 is 15.7 Å². The smallest absolute Gasteiger partial charge is 0.269 e.